The molecule has 0 saturated heterocycles. The summed E-state index contributed by atoms with van der Waals surface area (Å²) in [5.74, 6) is -0.477. The Balaban J connectivity index is 1.90. The van der Waals surface area contributed by atoms with E-state index in [1.807, 2.05) is 0 Å². The summed E-state index contributed by atoms with van der Waals surface area (Å²) in [7, 11) is 0. The maximum Gasteiger partial charge on any atom is 0.445 e. The molecule has 1 aromatic carbocycles. The van der Waals surface area contributed by atoms with E-state index in [0.717, 1.165) is 0 Å². The first-order valence-electron chi connectivity index (χ1n) is 5.44. The molecule has 1 aromatic heterocycles. The minimum absolute atomic E-state index is 0.00463. The lowest BCUT2D eigenvalue weighted by Crippen LogP contribution is -2.13. The Kier molecular flexibility index (Phi) is 5.07. The fourth-order valence-electron chi connectivity index (χ4n) is 1.25. The van der Waals surface area contributed by atoms with E-state index in [0.29, 0.717) is 9.92 Å². The average molecular weight is 354 g/mol. The van der Waals surface area contributed by atoms with E-state index in [2.05, 4.69) is 15.5 Å². The lowest BCUT2D eigenvalue weighted by molar-refractivity contribution is -0.138. The molecule has 0 spiro atoms. The Bertz CT molecular complexity index is 648. The second-order valence-corrected chi connectivity index (χ2v) is 6.08. The Morgan fingerprint density at radius 1 is 1.33 bits per heavy atom. The molecular weight excluding hydrogens is 347 g/mol. The van der Waals surface area contributed by atoms with Crippen LogP contribution in [0.15, 0.2) is 29.2 Å². The Morgan fingerprint density at radius 2 is 2.05 bits per heavy atom. The fourth-order valence-corrected chi connectivity index (χ4v) is 2.91. The summed E-state index contributed by atoms with van der Waals surface area (Å²) in [4.78, 5) is 12.3. The van der Waals surface area contributed by atoms with Gasteiger partial charge in [-0.2, -0.15) is 13.2 Å². The number of hydrogen-bond donors (Lipinski definition) is 1. The van der Waals surface area contributed by atoms with E-state index >= 15 is 0 Å². The van der Waals surface area contributed by atoms with Gasteiger partial charge < -0.3 is 0 Å². The molecule has 112 valence electrons. The highest BCUT2D eigenvalue weighted by Crippen LogP contribution is 2.33. The molecule has 1 amide bonds. The number of nitrogens with zero attached hydrogens (tertiary/aromatic N) is 2. The van der Waals surface area contributed by atoms with E-state index in [1.165, 1.54) is 11.8 Å². The molecule has 0 radical (unpaired) electrons. The van der Waals surface area contributed by atoms with Crippen molar-refractivity contribution in [3.05, 3.63) is 34.3 Å². The smallest absolute Gasteiger partial charge is 0.300 e. The zero-order valence-electron chi connectivity index (χ0n) is 10.1. The molecule has 2 aromatic rings. The van der Waals surface area contributed by atoms with Crippen molar-refractivity contribution in [2.75, 3.05) is 11.1 Å². The summed E-state index contributed by atoms with van der Waals surface area (Å²) in [6.45, 7) is 0. The van der Waals surface area contributed by atoms with Crippen molar-refractivity contribution in [1.82, 2.24) is 10.2 Å². The third-order valence-electron chi connectivity index (χ3n) is 2.11. The summed E-state index contributed by atoms with van der Waals surface area (Å²) < 4.78 is 37.0. The normalized spacial score (nSPS) is 11.4. The molecular formula is C11H7ClF3N3OS2. The van der Waals surface area contributed by atoms with Crippen molar-refractivity contribution in [3.63, 3.8) is 0 Å². The summed E-state index contributed by atoms with van der Waals surface area (Å²) in [5.41, 5.74) is 0. The van der Waals surface area contributed by atoms with Gasteiger partial charge in [-0.15, -0.1) is 22.0 Å². The molecule has 10 heteroatoms. The largest absolute Gasteiger partial charge is 0.445 e. The maximum absolute atomic E-state index is 12.3. The number of rotatable bonds is 4. The molecule has 0 saturated carbocycles. The summed E-state index contributed by atoms with van der Waals surface area (Å²) in [5, 5.41) is 7.73. The molecule has 0 aliphatic heterocycles. The lowest BCUT2D eigenvalue weighted by atomic mass is 10.4. The first kappa shape index (κ1) is 16.1. The molecule has 1 heterocycles. The van der Waals surface area contributed by atoms with Crippen LogP contribution in [0.25, 0.3) is 0 Å². The minimum atomic E-state index is -4.56. The summed E-state index contributed by atoms with van der Waals surface area (Å²) in [6, 6.07) is 6.95. The molecule has 0 unspecified atom stereocenters. The lowest BCUT2D eigenvalue weighted by Gasteiger charge is -2.03. The molecule has 1 N–H and O–H groups in total. The molecule has 0 aliphatic carbocycles. The fraction of sp³-hybridized carbons (Fsp3) is 0.182. The second-order valence-electron chi connectivity index (χ2n) is 3.68. The topological polar surface area (TPSA) is 54.9 Å². The van der Waals surface area contributed by atoms with E-state index in [4.69, 9.17) is 11.6 Å². The van der Waals surface area contributed by atoms with Crippen molar-refractivity contribution in [2.45, 2.75) is 11.1 Å². The van der Waals surface area contributed by atoms with E-state index < -0.39 is 17.1 Å². The number of benzene rings is 1. The third-order valence-corrected chi connectivity index (χ3v) is 4.51. The highest BCUT2D eigenvalue weighted by Gasteiger charge is 2.35. The van der Waals surface area contributed by atoms with Crippen molar-refractivity contribution in [2.24, 2.45) is 0 Å². The Morgan fingerprint density at radius 3 is 2.67 bits per heavy atom. The van der Waals surface area contributed by atoms with Gasteiger partial charge >= 0.3 is 6.18 Å². The second kappa shape index (κ2) is 6.63. The molecule has 0 aliphatic rings. The number of carbonyl (C=O) groups is 1. The van der Waals surface area contributed by atoms with Gasteiger partial charge in [-0.25, -0.2) is 0 Å². The van der Waals surface area contributed by atoms with Crippen LogP contribution < -0.4 is 5.32 Å². The maximum atomic E-state index is 12.3. The van der Waals surface area contributed by atoms with E-state index in [1.54, 1.807) is 24.3 Å². The molecule has 21 heavy (non-hydrogen) atoms. The van der Waals surface area contributed by atoms with Crippen LogP contribution in [0.5, 0.6) is 0 Å². The third kappa shape index (κ3) is 4.58. The molecule has 4 nitrogen and oxygen atoms in total. The number of halogens is 4. The number of anilines is 1. The van der Waals surface area contributed by atoms with Crippen molar-refractivity contribution in [3.8, 4) is 0 Å². The van der Waals surface area contributed by atoms with Gasteiger partial charge in [-0.05, 0) is 12.1 Å². The van der Waals surface area contributed by atoms with Gasteiger partial charge in [0.25, 0.3) is 0 Å². The minimum Gasteiger partial charge on any atom is -0.300 e. The van der Waals surface area contributed by atoms with Crippen LogP contribution in [0.1, 0.15) is 5.01 Å². The number of thioether (sulfide) groups is 1. The van der Waals surface area contributed by atoms with Crippen LogP contribution in [0.3, 0.4) is 0 Å². The monoisotopic (exact) mass is 353 g/mol. The van der Waals surface area contributed by atoms with Crippen LogP contribution in [-0.4, -0.2) is 21.9 Å². The van der Waals surface area contributed by atoms with Crippen LogP contribution in [0.4, 0.5) is 18.3 Å². The standard InChI is InChI=1S/C11H7ClF3N3OS2/c12-6-3-1-2-4-7(6)20-5-8(19)16-10-18-17-9(21-10)11(13,14)15/h1-4H,5H2,(H,16,18,19). The highest BCUT2D eigenvalue weighted by molar-refractivity contribution is 8.00. The summed E-state index contributed by atoms with van der Waals surface area (Å²) >= 11 is 7.38. The van der Waals surface area contributed by atoms with E-state index in [-0.39, 0.29) is 22.2 Å². The Hall–Kier alpha value is -1.32. The van der Waals surface area contributed by atoms with Crippen LogP contribution in [-0.2, 0) is 11.0 Å². The average Bonchev–Trinajstić information content (AvgIpc) is 2.86. The number of aromatic nitrogens is 2. The number of nitrogens with one attached hydrogen (secondary N) is 1. The quantitative estimate of drug-likeness (QED) is 0.846. The van der Waals surface area contributed by atoms with Gasteiger partial charge in [0.2, 0.25) is 16.0 Å². The number of alkyl halides is 3. The van der Waals surface area contributed by atoms with Gasteiger partial charge in [0.05, 0.1) is 10.8 Å². The Labute approximate surface area is 130 Å². The van der Waals surface area contributed by atoms with Gasteiger partial charge in [0.15, 0.2) is 0 Å². The van der Waals surface area contributed by atoms with Crippen molar-refractivity contribution >= 4 is 45.7 Å². The number of carbonyl (C=O) groups excluding carboxylic acids is 1. The first-order valence-corrected chi connectivity index (χ1v) is 7.62. The van der Waals surface area contributed by atoms with Gasteiger partial charge in [-0.3, -0.25) is 10.1 Å². The van der Waals surface area contributed by atoms with Crippen molar-refractivity contribution in [1.29, 1.82) is 0 Å². The van der Waals surface area contributed by atoms with Crippen molar-refractivity contribution < 1.29 is 18.0 Å². The van der Waals surface area contributed by atoms with Crippen LogP contribution >= 0.6 is 34.7 Å². The van der Waals surface area contributed by atoms with Gasteiger partial charge in [0.1, 0.15) is 0 Å². The zero-order chi connectivity index (χ0) is 15.5. The predicted octanol–water partition coefficient (Wildman–Crippen LogP) is 3.94. The SMILES string of the molecule is O=C(CSc1ccccc1Cl)Nc1nnc(C(F)(F)F)s1. The van der Waals surface area contributed by atoms with Crippen LogP contribution in [0.2, 0.25) is 5.02 Å². The van der Waals surface area contributed by atoms with Gasteiger partial charge in [0, 0.05) is 4.90 Å². The highest BCUT2D eigenvalue weighted by atomic mass is 35.5. The number of hydrogen-bond acceptors (Lipinski definition) is 5. The number of amides is 1. The summed E-state index contributed by atoms with van der Waals surface area (Å²) in [6.07, 6.45) is -4.56. The van der Waals surface area contributed by atoms with E-state index in [9.17, 15) is 18.0 Å². The zero-order valence-corrected chi connectivity index (χ0v) is 12.5. The van der Waals surface area contributed by atoms with Crippen LogP contribution in [0, 0.1) is 0 Å². The molecule has 0 atom stereocenters. The van der Waals surface area contributed by atoms with Gasteiger partial charge in [-0.1, -0.05) is 35.1 Å². The first-order chi connectivity index (χ1) is 9.86. The molecule has 2 rings (SSSR count). The molecule has 0 bridgehead atoms. The predicted molar refractivity (Wildman–Crippen MR) is 75.7 cm³/mol. The molecule has 0 fully saturated rings.